The first-order valence-corrected chi connectivity index (χ1v) is 5.97. The number of rotatable bonds is 2. The molecule has 1 aliphatic carbocycles. The largest absolute Gasteiger partial charge is 0.347 e. The first kappa shape index (κ1) is 9.40. The zero-order valence-electron chi connectivity index (χ0n) is 8.21. The van der Waals surface area contributed by atoms with Gasteiger partial charge in [-0.15, -0.1) is 0 Å². The Balaban J connectivity index is 2.10. The van der Waals surface area contributed by atoms with E-state index in [4.69, 9.17) is 0 Å². The second-order valence-electron chi connectivity index (χ2n) is 4.24. The van der Waals surface area contributed by atoms with E-state index in [-0.39, 0.29) is 5.82 Å². The lowest BCUT2D eigenvalue weighted by Gasteiger charge is -2.04. The van der Waals surface area contributed by atoms with E-state index in [1.165, 1.54) is 12.8 Å². The van der Waals surface area contributed by atoms with Crippen molar-refractivity contribution in [1.82, 2.24) is 4.57 Å². The molecule has 3 rings (SSSR count). The van der Waals surface area contributed by atoms with Crippen LogP contribution >= 0.6 is 15.9 Å². The number of hydrogen-bond acceptors (Lipinski definition) is 0. The zero-order valence-corrected chi connectivity index (χ0v) is 9.80. The summed E-state index contributed by atoms with van der Waals surface area (Å²) >= 11 is 3.20. The lowest BCUT2D eigenvalue weighted by atomic mass is 10.2. The summed E-state index contributed by atoms with van der Waals surface area (Å²) < 4.78 is 16.1. The van der Waals surface area contributed by atoms with Crippen LogP contribution < -0.4 is 0 Å². The molecule has 1 saturated carbocycles. The third-order valence-electron chi connectivity index (χ3n) is 2.96. The number of aromatic nitrogens is 1. The number of nitrogens with zero attached hydrogens (tertiary/aromatic N) is 1. The fourth-order valence-electron chi connectivity index (χ4n) is 1.92. The summed E-state index contributed by atoms with van der Waals surface area (Å²) in [6, 6.07) is 5.50. The standard InChI is InChI=1S/C12H11BrFN/c13-10-5-9-3-4-15(7-8-1-2-8)12(9)6-11(10)14/h3-6,8H,1-2,7H2. The minimum atomic E-state index is -0.182. The van der Waals surface area contributed by atoms with Gasteiger partial charge in [-0.3, -0.25) is 0 Å². The lowest BCUT2D eigenvalue weighted by molar-refractivity contribution is 0.617. The highest BCUT2D eigenvalue weighted by Gasteiger charge is 2.22. The third kappa shape index (κ3) is 1.69. The predicted octanol–water partition coefficient (Wildman–Crippen LogP) is 3.95. The fourth-order valence-corrected chi connectivity index (χ4v) is 2.28. The molecule has 3 heteroatoms. The first-order chi connectivity index (χ1) is 7.24. The summed E-state index contributed by atoms with van der Waals surface area (Å²) in [4.78, 5) is 0. The number of fused-ring (bicyclic) bond motifs is 1. The molecule has 1 heterocycles. The molecule has 0 unspecified atom stereocenters. The van der Waals surface area contributed by atoms with Crippen molar-refractivity contribution in [3.63, 3.8) is 0 Å². The molecular weight excluding hydrogens is 257 g/mol. The molecule has 0 aliphatic heterocycles. The van der Waals surface area contributed by atoms with Crippen LogP contribution in [0.3, 0.4) is 0 Å². The second kappa shape index (κ2) is 3.34. The predicted molar refractivity (Wildman–Crippen MR) is 62.3 cm³/mol. The Morgan fingerprint density at radius 2 is 2.20 bits per heavy atom. The molecule has 0 radical (unpaired) electrons. The van der Waals surface area contributed by atoms with E-state index >= 15 is 0 Å². The van der Waals surface area contributed by atoms with Crippen molar-refractivity contribution in [2.75, 3.05) is 0 Å². The van der Waals surface area contributed by atoms with Crippen LogP contribution in [0.2, 0.25) is 0 Å². The molecule has 0 N–H and O–H groups in total. The topological polar surface area (TPSA) is 4.93 Å². The van der Waals surface area contributed by atoms with Crippen LogP contribution in [0, 0.1) is 11.7 Å². The van der Waals surface area contributed by atoms with Crippen LogP contribution in [0.5, 0.6) is 0 Å². The summed E-state index contributed by atoms with van der Waals surface area (Å²) in [6.45, 7) is 1.03. The molecule has 15 heavy (non-hydrogen) atoms. The Kier molecular flexibility index (Phi) is 2.09. The number of benzene rings is 1. The van der Waals surface area contributed by atoms with Crippen molar-refractivity contribution in [3.8, 4) is 0 Å². The van der Waals surface area contributed by atoms with E-state index in [0.717, 1.165) is 23.4 Å². The van der Waals surface area contributed by atoms with E-state index in [1.807, 2.05) is 12.1 Å². The van der Waals surface area contributed by atoms with Crippen LogP contribution in [-0.4, -0.2) is 4.57 Å². The van der Waals surface area contributed by atoms with Gasteiger partial charge in [-0.1, -0.05) is 0 Å². The Hall–Kier alpha value is -0.830. The molecule has 1 aliphatic rings. The van der Waals surface area contributed by atoms with Gasteiger partial charge in [-0.25, -0.2) is 4.39 Å². The van der Waals surface area contributed by atoms with Gasteiger partial charge < -0.3 is 4.57 Å². The minimum Gasteiger partial charge on any atom is -0.347 e. The van der Waals surface area contributed by atoms with E-state index in [2.05, 4.69) is 26.7 Å². The average Bonchev–Trinajstić information content (AvgIpc) is 2.94. The van der Waals surface area contributed by atoms with E-state index in [0.29, 0.717) is 4.47 Å². The van der Waals surface area contributed by atoms with Crippen LogP contribution in [0.25, 0.3) is 10.9 Å². The van der Waals surface area contributed by atoms with Gasteiger partial charge in [0.05, 0.1) is 9.99 Å². The molecule has 0 amide bonds. The quantitative estimate of drug-likeness (QED) is 0.777. The molecule has 0 atom stereocenters. The summed E-state index contributed by atoms with van der Waals surface area (Å²) in [5, 5.41) is 1.10. The van der Waals surface area contributed by atoms with Crippen molar-refractivity contribution in [2.45, 2.75) is 19.4 Å². The SMILES string of the molecule is Fc1cc2c(ccn2CC2CC2)cc1Br. The van der Waals surface area contributed by atoms with Gasteiger partial charge in [0.1, 0.15) is 5.82 Å². The summed E-state index contributed by atoms with van der Waals surface area (Å²) in [7, 11) is 0. The lowest BCUT2D eigenvalue weighted by Crippen LogP contribution is -1.97. The molecule has 1 nitrogen and oxygen atoms in total. The van der Waals surface area contributed by atoms with Gasteiger partial charge >= 0.3 is 0 Å². The van der Waals surface area contributed by atoms with Gasteiger partial charge in [-0.05, 0) is 52.9 Å². The second-order valence-corrected chi connectivity index (χ2v) is 5.09. The van der Waals surface area contributed by atoms with Crippen molar-refractivity contribution in [2.24, 2.45) is 5.92 Å². The Morgan fingerprint density at radius 1 is 1.40 bits per heavy atom. The highest BCUT2D eigenvalue weighted by molar-refractivity contribution is 9.10. The van der Waals surface area contributed by atoms with Gasteiger partial charge in [0.2, 0.25) is 0 Å². The normalized spacial score (nSPS) is 16.1. The molecule has 2 aromatic rings. The van der Waals surface area contributed by atoms with Crippen molar-refractivity contribution in [1.29, 1.82) is 0 Å². The number of halogens is 2. The summed E-state index contributed by atoms with van der Waals surface area (Å²) in [6.07, 6.45) is 4.69. The van der Waals surface area contributed by atoms with Crippen molar-refractivity contribution in [3.05, 3.63) is 34.7 Å². The maximum atomic E-state index is 13.4. The molecule has 1 fully saturated rings. The highest BCUT2D eigenvalue weighted by atomic mass is 79.9. The maximum Gasteiger partial charge on any atom is 0.139 e. The molecule has 0 bridgehead atoms. The van der Waals surface area contributed by atoms with Gasteiger partial charge in [0.25, 0.3) is 0 Å². The zero-order chi connectivity index (χ0) is 10.4. The van der Waals surface area contributed by atoms with Gasteiger partial charge in [-0.2, -0.15) is 0 Å². The van der Waals surface area contributed by atoms with Gasteiger partial charge in [0, 0.05) is 18.1 Å². The Morgan fingerprint density at radius 3 is 2.93 bits per heavy atom. The van der Waals surface area contributed by atoms with Crippen molar-refractivity contribution >= 4 is 26.8 Å². The first-order valence-electron chi connectivity index (χ1n) is 5.18. The average molecular weight is 268 g/mol. The smallest absolute Gasteiger partial charge is 0.139 e. The summed E-state index contributed by atoms with van der Waals surface area (Å²) in [5.74, 6) is 0.630. The van der Waals surface area contributed by atoms with Crippen molar-refractivity contribution < 1.29 is 4.39 Å². The number of hydrogen-bond donors (Lipinski definition) is 0. The molecule has 1 aromatic heterocycles. The van der Waals surface area contributed by atoms with E-state index < -0.39 is 0 Å². The molecule has 78 valence electrons. The Bertz CT molecular complexity index is 514. The minimum absolute atomic E-state index is 0.182. The summed E-state index contributed by atoms with van der Waals surface area (Å²) in [5.41, 5.74) is 1.00. The molecule has 0 spiro atoms. The van der Waals surface area contributed by atoms with Crippen LogP contribution in [0.1, 0.15) is 12.8 Å². The van der Waals surface area contributed by atoms with Crippen LogP contribution in [0.15, 0.2) is 28.9 Å². The molecular formula is C12H11BrFN. The van der Waals surface area contributed by atoms with Crippen LogP contribution in [0.4, 0.5) is 4.39 Å². The van der Waals surface area contributed by atoms with Crippen LogP contribution in [-0.2, 0) is 6.54 Å². The molecule has 0 saturated heterocycles. The maximum absolute atomic E-state index is 13.4. The van der Waals surface area contributed by atoms with E-state index in [1.54, 1.807) is 6.07 Å². The van der Waals surface area contributed by atoms with E-state index in [9.17, 15) is 4.39 Å². The highest BCUT2D eigenvalue weighted by Crippen LogP contribution is 2.32. The third-order valence-corrected chi connectivity index (χ3v) is 3.57. The fraction of sp³-hybridized carbons (Fsp3) is 0.333. The monoisotopic (exact) mass is 267 g/mol. The van der Waals surface area contributed by atoms with Gasteiger partial charge in [0.15, 0.2) is 0 Å². The Labute approximate surface area is 96.0 Å². The molecule has 1 aromatic carbocycles.